The minimum Gasteiger partial charge on any atom is -0.266 e. The zero-order chi connectivity index (χ0) is 16.7. The topological polar surface area (TPSA) is 58.1 Å². The van der Waals surface area contributed by atoms with Gasteiger partial charge in [-0.2, -0.15) is 10.4 Å². The average Bonchev–Trinajstić information content (AvgIpc) is 2.42. The first-order valence-corrected chi connectivity index (χ1v) is 7.33. The van der Waals surface area contributed by atoms with Crippen LogP contribution in [0.5, 0.6) is 0 Å². The van der Waals surface area contributed by atoms with Crippen molar-refractivity contribution in [2.45, 2.75) is 47.5 Å². The molecule has 0 radical (unpaired) electrons. The third kappa shape index (κ3) is 4.85. The van der Waals surface area contributed by atoms with Gasteiger partial charge in [0.25, 0.3) is 5.56 Å². The van der Waals surface area contributed by atoms with Crippen molar-refractivity contribution < 1.29 is 0 Å². The lowest BCUT2D eigenvalue weighted by atomic mass is 10.1. The van der Waals surface area contributed by atoms with Crippen molar-refractivity contribution in [1.82, 2.24) is 4.68 Å². The van der Waals surface area contributed by atoms with Crippen molar-refractivity contribution in [3.05, 3.63) is 56.5 Å². The molecule has 4 nitrogen and oxygen atoms in total. The molecular weight excluding hydrogens is 274 g/mol. The van der Waals surface area contributed by atoms with E-state index in [0.717, 1.165) is 12.8 Å². The second kappa shape index (κ2) is 8.14. The molecule has 0 saturated heterocycles. The van der Waals surface area contributed by atoms with Gasteiger partial charge in [0.15, 0.2) is 0 Å². The van der Waals surface area contributed by atoms with Crippen LogP contribution in [0.25, 0.3) is 0 Å². The number of hydrogen-bond acceptors (Lipinski definition) is 3. The maximum atomic E-state index is 12.2. The van der Waals surface area contributed by atoms with Crippen LogP contribution >= 0.6 is 0 Å². The Morgan fingerprint density at radius 3 is 2.64 bits per heavy atom. The molecule has 1 heterocycles. The quantitative estimate of drug-likeness (QED) is 0.612. The van der Waals surface area contributed by atoms with E-state index in [1.54, 1.807) is 26.1 Å². The first-order valence-electron chi connectivity index (χ1n) is 7.33. The molecule has 0 aliphatic rings. The molecule has 0 fully saturated rings. The van der Waals surface area contributed by atoms with Gasteiger partial charge in [0.1, 0.15) is 11.6 Å². The molecule has 0 aliphatic heterocycles. The summed E-state index contributed by atoms with van der Waals surface area (Å²) in [5, 5.41) is 13.2. The van der Waals surface area contributed by atoms with Crippen molar-refractivity contribution in [3.8, 4) is 6.07 Å². The van der Waals surface area contributed by atoms with Gasteiger partial charge in [0.05, 0.1) is 0 Å². The molecule has 0 atom stereocenters. The molecule has 0 amide bonds. The van der Waals surface area contributed by atoms with Gasteiger partial charge in [-0.25, -0.2) is 4.68 Å². The first-order chi connectivity index (χ1) is 10.4. The van der Waals surface area contributed by atoms with E-state index in [1.807, 2.05) is 19.1 Å². The molecule has 0 bridgehead atoms. The van der Waals surface area contributed by atoms with E-state index in [1.165, 1.54) is 15.8 Å². The zero-order valence-electron chi connectivity index (χ0n) is 14.0. The smallest absolute Gasteiger partial charge is 0.266 e. The van der Waals surface area contributed by atoms with Crippen LogP contribution in [0.1, 0.15) is 50.4 Å². The average molecular weight is 297 g/mol. The van der Waals surface area contributed by atoms with Crippen molar-refractivity contribution in [3.63, 3.8) is 0 Å². The third-order valence-corrected chi connectivity index (χ3v) is 3.30. The van der Waals surface area contributed by atoms with E-state index in [2.05, 4.69) is 25.0 Å². The predicted octanol–water partition coefficient (Wildman–Crippen LogP) is 3.86. The lowest BCUT2D eigenvalue weighted by molar-refractivity contribution is 0.787. The fraction of sp³-hybridized carbons (Fsp3) is 0.389. The highest BCUT2D eigenvalue weighted by Gasteiger charge is 2.08. The number of nitrogens with zero attached hydrogens (tertiary/aromatic N) is 3. The van der Waals surface area contributed by atoms with Crippen LogP contribution in [0.15, 0.2) is 39.3 Å². The van der Waals surface area contributed by atoms with Crippen molar-refractivity contribution in [2.75, 3.05) is 0 Å². The molecule has 0 unspecified atom stereocenters. The van der Waals surface area contributed by atoms with E-state index >= 15 is 0 Å². The van der Waals surface area contributed by atoms with Crippen molar-refractivity contribution >= 4 is 6.21 Å². The maximum Gasteiger partial charge on any atom is 0.289 e. The summed E-state index contributed by atoms with van der Waals surface area (Å²) in [6, 6.07) is 3.73. The summed E-state index contributed by atoms with van der Waals surface area (Å²) in [5.74, 6) is 0. The summed E-state index contributed by atoms with van der Waals surface area (Å²) in [6.07, 6.45) is 7.67. The van der Waals surface area contributed by atoms with Crippen LogP contribution in [0.3, 0.4) is 0 Å². The summed E-state index contributed by atoms with van der Waals surface area (Å²) in [4.78, 5) is 12.2. The fourth-order valence-corrected chi connectivity index (χ4v) is 2.06. The molecule has 0 aromatic carbocycles. The minimum absolute atomic E-state index is 0.145. The number of pyridine rings is 1. The lowest BCUT2D eigenvalue weighted by Gasteiger charge is -2.05. The van der Waals surface area contributed by atoms with E-state index < -0.39 is 0 Å². The van der Waals surface area contributed by atoms with Gasteiger partial charge in [0, 0.05) is 11.9 Å². The SMILES string of the molecule is CC(C)=CCCC(C)=CC=Nn1c(C)cc(C)c(C#N)c1=O. The number of allylic oxidation sites excluding steroid dienone is 4. The molecule has 0 spiro atoms. The predicted molar refractivity (Wildman–Crippen MR) is 91.2 cm³/mol. The number of aromatic nitrogens is 1. The lowest BCUT2D eigenvalue weighted by Crippen LogP contribution is -2.22. The minimum atomic E-state index is -0.369. The van der Waals surface area contributed by atoms with Gasteiger partial charge in [-0.1, -0.05) is 17.2 Å². The van der Waals surface area contributed by atoms with Crippen molar-refractivity contribution in [1.29, 1.82) is 5.26 Å². The van der Waals surface area contributed by atoms with E-state index in [-0.39, 0.29) is 11.1 Å². The van der Waals surface area contributed by atoms with Crippen LogP contribution in [-0.4, -0.2) is 10.9 Å². The number of aryl methyl sites for hydroxylation is 2. The Morgan fingerprint density at radius 2 is 2.05 bits per heavy atom. The molecule has 116 valence electrons. The van der Waals surface area contributed by atoms with Gasteiger partial charge in [-0.3, -0.25) is 4.79 Å². The number of hydrogen-bond donors (Lipinski definition) is 0. The Morgan fingerprint density at radius 1 is 1.36 bits per heavy atom. The Labute approximate surface area is 132 Å². The number of nitriles is 1. The van der Waals surface area contributed by atoms with Gasteiger partial charge in [-0.05, 0) is 65.2 Å². The molecule has 1 aromatic heterocycles. The summed E-state index contributed by atoms with van der Waals surface area (Å²) < 4.78 is 1.27. The molecule has 0 aliphatic carbocycles. The fourth-order valence-electron chi connectivity index (χ4n) is 2.06. The monoisotopic (exact) mass is 297 g/mol. The summed E-state index contributed by atoms with van der Waals surface area (Å²) in [6.45, 7) is 9.77. The van der Waals surface area contributed by atoms with Crippen LogP contribution in [0.4, 0.5) is 0 Å². The Hall–Kier alpha value is -2.41. The highest BCUT2D eigenvalue weighted by Crippen LogP contribution is 2.07. The van der Waals surface area contributed by atoms with Gasteiger partial charge >= 0.3 is 0 Å². The molecule has 4 heteroatoms. The Balaban J connectivity index is 2.94. The highest BCUT2D eigenvalue weighted by atomic mass is 16.1. The van der Waals surface area contributed by atoms with Gasteiger partial charge < -0.3 is 0 Å². The Kier molecular flexibility index (Phi) is 6.52. The molecular formula is C18H23N3O. The van der Waals surface area contributed by atoms with E-state index in [9.17, 15) is 4.79 Å². The van der Waals surface area contributed by atoms with Gasteiger partial charge in [-0.15, -0.1) is 0 Å². The molecule has 1 rings (SSSR count). The third-order valence-electron chi connectivity index (χ3n) is 3.30. The highest BCUT2D eigenvalue weighted by molar-refractivity contribution is 5.71. The Bertz CT molecular complexity index is 724. The summed E-state index contributed by atoms with van der Waals surface area (Å²) >= 11 is 0. The molecule has 0 N–H and O–H groups in total. The molecule has 1 aromatic rings. The normalized spacial score (nSPS) is 11.5. The largest absolute Gasteiger partial charge is 0.289 e. The zero-order valence-corrected chi connectivity index (χ0v) is 14.0. The second-order valence-corrected chi connectivity index (χ2v) is 5.67. The van der Waals surface area contributed by atoms with Crippen LogP contribution in [0, 0.1) is 25.2 Å². The van der Waals surface area contributed by atoms with Crippen LogP contribution in [0.2, 0.25) is 0 Å². The van der Waals surface area contributed by atoms with E-state index in [4.69, 9.17) is 5.26 Å². The van der Waals surface area contributed by atoms with Gasteiger partial charge in [0.2, 0.25) is 0 Å². The standard InChI is InChI=1S/C18H23N3O/c1-13(2)7-6-8-14(3)9-10-20-21-16(5)11-15(4)17(12-19)18(21)22/h7,9-11H,6,8H2,1-5H3. The first kappa shape index (κ1) is 17.6. The molecule has 0 saturated carbocycles. The maximum absolute atomic E-state index is 12.2. The van der Waals surface area contributed by atoms with E-state index in [0.29, 0.717) is 11.3 Å². The van der Waals surface area contributed by atoms with Crippen LogP contribution < -0.4 is 5.56 Å². The summed E-state index contributed by atoms with van der Waals surface area (Å²) in [7, 11) is 0. The van der Waals surface area contributed by atoms with Crippen molar-refractivity contribution in [2.24, 2.45) is 5.10 Å². The number of rotatable bonds is 5. The summed E-state index contributed by atoms with van der Waals surface area (Å²) in [5.41, 5.74) is 3.68. The molecule has 22 heavy (non-hydrogen) atoms. The second-order valence-electron chi connectivity index (χ2n) is 5.67. The van der Waals surface area contributed by atoms with Crippen LogP contribution in [-0.2, 0) is 0 Å².